The van der Waals surface area contributed by atoms with Gasteiger partial charge < -0.3 is 14.8 Å². The minimum atomic E-state index is -4.41. The van der Waals surface area contributed by atoms with Crippen molar-refractivity contribution in [3.05, 3.63) is 53.9 Å². The molecule has 1 aromatic heterocycles. The maximum Gasteiger partial charge on any atom is 0.422 e. The molecule has 0 saturated heterocycles. The van der Waals surface area contributed by atoms with Gasteiger partial charge in [-0.15, -0.1) is 0 Å². The van der Waals surface area contributed by atoms with E-state index < -0.39 is 18.8 Å². The number of aromatic nitrogens is 1. The van der Waals surface area contributed by atoms with Crippen molar-refractivity contribution >= 4 is 5.91 Å². The summed E-state index contributed by atoms with van der Waals surface area (Å²) in [6.45, 7) is 0.775. The quantitative estimate of drug-likeness (QED) is 0.704. The molecule has 0 spiro atoms. The SMILES string of the molecule is C[C@@H](NC(=O)C1C[C@@H]1COc1ccc(C#N)cc1)c1ccc(OCC(F)(F)F)cn1. The van der Waals surface area contributed by atoms with Crippen molar-refractivity contribution < 1.29 is 27.4 Å². The van der Waals surface area contributed by atoms with E-state index in [0.29, 0.717) is 30.0 Å². The largest absolute Gasteiger partial charge is 0.493 e. The Hall–Kier alpha value is -3.28. The Kier molecular flexibility index (Phi) is 6.45. The molecule has 1 saturated carbocycles. The third kappa shape index (κ3) is 6.11. The summed E-state index contributed by atoms with van der Waals surface area (Å²) in [5.41, 5.74) is 1.07. The third-order valence-corrected chi connectivity index (χ3v) is 4.67. The van der Waals surface area contributed by atoms with Crippen LogP contribution in [-0.4, -0.2) is 30.3 Å². The van der Waals surface area contributed by atoms with Crippen LogP contribution < -0.4 is 14.8 Å². The molecule has 6 nitrogen and oxygen atoms in total. The van der Waals surface area contributed by atoms with E-state index in [2.05, 4.69) is 15.0 Å². The molecule has 0 radical (unpaired) electrons. The van der Waals surface area contributed by atoms with Crippen LogP contribution in [0.15, 0.2) is 42.6 Å². The molecule has 3 atom stereocenters. The van der Waals surface area contributed by atoms with Gasteiger partial charge in [0.05, 0.1) is 36.2 Å². The molecule has 0 aliphatic heterocycles. The van der Waals surface area contributed by atoms with Gasteiger partial charge in [-0.25, -0.2) is 0 Å². The van der Waals surface area contributed by atoms with Gasteiger partial charge in [0.15, 0.2) is 6.61 Å². The van der Waals surface area contributed by atoms with E-state index in [0.717, 1.165) is 0 Å². The number of nitrogens with zero attached hydrogens (tertiary/aromatic N) is 2. The minimum Gasteiger partial charge on any atom is -0.493 e. The van der Waals surface area contributed by atoms with Crippen molar-refractivity contribution in [2.45, 2.75) is 25.6 Å². The van der Waals surface area contributed by atoms with Crippen molar-refractivity contribution in [1.82, 2.24) is 10.3 Å². The Bertz CT molecular complexity index is 908. The van der Waals surface area contributed by atoms with Crippen molar-refractivity contribution in [2.75, 3.05) is 13.2 Å². The van der Waals surface area contributed by atoms with Crippen molar-refractivity contribution in [3.63, 3.8) is 0 Å². The molecular formula is C21H20F3N3O3. The highest BCUT2D eigenvalue weighted by Gasteiger charge is 2.43. The number of hydrogen-bond donors (Lipinski definition) is 1. The molecule has 158 valence electrons. The van der Waals surface area contributed by atoms with Gasteiger partial charge in [0.2, 0.25) is 5.91 Å². The van der Waals surface area contributed by atoms with Crippen LogP contribution in [0.1, 0.15) is 30.6 Å². The number of nitriles is 1. The maximum atomic E-state index is 12.4. The predicted molar refractivity (Wildman–Crippen MR) is 101 cm³/mol. The van der Waals surface area contributed by atoms with Crippen molar-refractivity contribution in [3.8, 4) is 17.6 Å². The van der Waals surface area contributed by atoms with E-state index in [9.17, 15) is 18.0 Å². The molecule has 2 aromatic rings. The molecule has 1 aliphatic carbocycles. The molecule has 1 aromatic carbocycles. The van der Waals surface area contributed by atoms with Crippen LogP contribution in [0, 0.1) is 23.2 Å². The van der Waals surface area contributed by atoms with Crippen LogP contribution in [0.2, 0.25) is 0 Å². The van der Waals surface area contributed by atoms with Gasteiger partial charge in [-0.2, -0.15) is 18.4 Å². The van der Waals surface area contributed by atoms with Gasteiger partial charge in [-0.1, -0.05) is 0 Å². The zero-order chi connectivity index (χ0) is 21.7. The second kappa shape index (κ2) is 9.03. The summed E-state index contributed by atoms with van der Waals surface area (Å²) in [7, 11) is 0. The number of ether oxygens (including phenoxy) is 2. The number of hydrogen-bond acceptors (Lipinski definition) is 5. The molecule has 1 amide bonds. The molecule has 1 fully saturated rings. The van der Waals surface area contributed by atoms with Crippen LogP contribution >= 0.6 is 0 Å². The van der Waals surface area contributed by atoms with Crippen LogP contribution in [0.25, 0.3) is 0 Å². The zero-order valence-corrected chi connectivity index (χ0v) is 16.1. The number of amides is 1. The number of carbonyl (C=O) groups excluding carboxylic acids is 1. The van der Waals surface area contributed by atoms with E-state index in [1.165, 1.54) is 18.3 Å². The van der Waals surface area contributed by atoms with E-state index >= 15 is 0 Å². The molecule has 1 unspecified atom stereocenters. The summed E-state index contributed by atoms with van der Waals surface area (Å²) in [6.07, 6.45) is -2.49. The first-order valence-corrected chi connectivity index (χ1v) is 9.34. The number of rotatable bonds is 8. The summed E-state index contributed by atoms with van der Waals surface area (Å²) >= 11 is 0. The smallest absolute Gasteiger partial charge is 0.422 e. The van der Waals surface area contributed by atoms with E-state index in [1.807, 2.05) is 6.07 Å². The first-order valence-electron chi connectivity index (χ1n) is 9.34. The second-order valence-corrected chi connectivity index (χ2v) is 7.10. The monoisotopic (exact) mass is 419 g/mol. The Morgan fingerprint density at radius 1 is 1.23 bits per heavy atom. The molecule has 30 heavy (non-hydrogen) atoms. The average Bonchev–Trinajstić information content (AvgIpc) is 3.51. The fraction of sp³-hybridized carbons (Fsp3) is 0.381. The Labute approximate surface area is 171 Å². The zero-order valence-electron chi connectivity index (χ0n) is 16.1. The number of alkyl halides is 3. The lowest BCUT2D eigenvalue weighted by molar-refractivity contribution is -0.153. The lowest BCUT2D eigenvalue weighted by Gasteiger charge is -2.14. The van der Waals surface area contributed by atoms with E-state index in [-0.39, 0.29) is 23.5 Å². The van der Waals surface area contributed by atoms with Crippen LogP contribution in [-0.2, 0) is 4.79 Å². The van der Waals surface area contributed by atoms with Gasteiger partial charge in [-0.05, 0) is 49.7 Å². The van der Waals surface area contributed by atoms with Crippen LogP contribution in [0.3, 0.4) is 0 Å². The Morgan fingerprint density at radius 2 is 1.93 bits per heavy atom. The third-order valence-electron chi connectivity index (χ3n) is 4.67. The number of pyridine rings is 1. The first-order chi connectivity index (χ1) is 14.2. The van der Waals surface area contributed by atoms with Gasteiger partial charge in [0.1, 0.15) is 11.5 Å². The Balaban J connectivity index is 1.43. The van der Waals surface area contributed by atoms with E-state index in [1.54, 1.807) is 31.2 Å². The summed E-state index contributed by atoms with van der Waals surface area (Å²) < 4.78 is 46.8. The molecule has 1 heterocycles. The van der Waals surface area contributed by atoms with Gasteiger partial charge in [-0.3, -0.25) is 9.78 Å². The van der Waals surface area contributed by atoms with Crippen LogP contribution in [0.4, 0.5) is 13.2 Å². The molecule has 0 bridgehead atoms. The predicted octanol–water partition coefficient (Wildman–Crippen LogP) is 3.79. The highest BCUT2D eigenvalue weighted by atomic mass is 19.4. The van der Waals surface area contributed by atoms with Crippen molar-refractivity contribution in [2.24, 2.45) is 11.8 Å². The minimum absolute atomic E-state index is 0.0109. The lowest BCUT2D eigenvalue weighted by Crippen LogP contribution is -2.29. The number of nitrogens with one attached hydrogen (secondary N) is 1. The standard InChI is InChI=1S/C21H20F3N3O3/c1-13(19-7-6-17(10-26-19)30-12-21(22,23)24)27-20(28)18-8-15(18)11-29-16-4-2-14(9-25)3-5-16/h2-7,10,13,15,18H,8,11-12H2,1H3,(H,27,28)/t13-,15-,18?/m1/s1. The number of carbonyl (C=O) groups is 1. The van der Waals surface area contributed by atoms with Crippen molar-refractivity contribution in [1.29, 1.82) is 5.26 Å². The normalized spacial score (nSPS) is 18.8. The topological polar surface area (TPSA) is 84.2 Å². The van der Waals surface area contributed by atoms with E-state index in [4.69, 9.17) is 10.00 Å². The maximum absolute atomic E-state index is 12.4. The number of benzene rings is 1. The fourth-order valence-electron chi connectivity index (χ4n) is 2.87. The van der Waals surface area contributed by atoms with Gasteiger partial charge >= 0.3 is 6.18 Å². The summed E-state index contributed by atoms with van der Waals surface area (Å²) in [6, 6.07) is 11.3. The first kappa shape index (κ1) is 21.4. The number of halogens is 3. The lowest BCUT2D eigenvalue weighted by atomic mass is 10.2. The van der Waals surface area contributed by atoms with Gasteiger partial charge in [0, 0.05) is 11.8 Å². The molecule has 1 aliphatic rings. The Morgan fingerprint density at radius 3 is 2.53 bits per heavy atom. The highest BCUT2D eigenvalue weighted by Crippen LogP contribution is 2.39. The highest BCUT2D eigenvalue weighted by molar-refractivity contribution is 5.81. The molecule has 9 heteroatoms. The molecule has 3 rings (SSSR count). The second-order valence-electron chi connectivity index (χ2n) is 7.10. The summed E-state index contributed by atoms with van der Waals surface area (Å²) in [5, 5.41) is 11.6. The molecular weight excluding hydrogens is 399 g/mol. The average molecular weight is 419 g/mol. The summed E-state index contributed by atoms with van der Waals surface area (Å²) in [5.74, 6) is 0.497. The molecule has 1 N–H and O–H groups in total. The summed E-state index contributed by atoms with van der Waals surface area (Å²) in [4.78, 5) is 16.5. The fourth-order valence-corrected chi connectivity index (χ4v) is 2.87. The van der Waals surface area contributed by atoms with Gasteiger partial charge in [0.25, 0.3) is 0 Å². The van der Waals surface area contributed by atoms with Crippen LogP contribution in [0.5, 0.6) is 11.5 Å².